The Balaban J connectivity index is 1.31. The van der Waals surface area contributed by atoms with Crippen molar-refractivity contribution in [1.29, 1.82) is 0 Å². The molecule has 2 aliphatic heterocycles. The molecule has 1 saturated heterocycles. The fourth-order valence-corrected chi connectivity index (χ4v) is 4.99. The summed E-state index contributed by atoms with van der Waals surface area (Å²) in [4.78, 5) is 32.3. The van der Waals surface area contributed by atoms with Gasteiger partial charge in [-0.3, -0.25) is 9.78 Å². The maximum absolute atomic E-state index is 13.6. The molecule has 0 N–H and O–H groups in total. The Morgan fingerprint density at radius 1 is 1.03 bits per heavy atom. The lowest BCUT2D eigenvalue weighted by Gasteiger charge is -2.27. The number of benzene rings is 2. The Bertz CT molecular complexity index is 1180. The van der Waals surface area contributed by atoms with Crippen LogP contribution in [0.5, 0.6) is 0 Å². The van der Waals surface area contributed by atoms with E-state index in [-0.39, 0.29) is 11.9 Å². The summed E-state index contributed by atoms with van der Waals surface area (Å²) in [5, 5.41) is 1.06. The Morgan fingerprint density at radius 3 is 2.69 bits per heavy atom. The van der Waals surface area contributed by atoms with Crippen LogP contribution in [0, 0.1) is 0 Å². The van der Waals surface area contributed by atoms with Gasteiger partial charge < -0.3 is 9.64 Å². The Labute approximate surface area is 168 Å². The number of para-hydroxylation sites is 1. The van der Waals surface area contributed by atoms with E-state index < -0.39 is 11.0 Å². The second kappa shape index (κ2) is 5.66. The van der Waals surface area contributed by atoms with Gasteiger partial charge >= 0.3 is 5.97 Å². The van der Waals surface area contributed by atoms with Gasteiger partial charge in [-0.2, -0.15) is 0 Å². The molecule has 1 saturated carbocycles. The van der Waals surface area contributed by atoms with Crippen LogP contribution in [0.3, 0.4) is 0 Å². The van der Waals surface area contributed by atoms with Crippen LogP contribution in [0.15, 0.2) is 60.8 Å². The quantitative estimate of drug-likeness (QED) is 0.634. The summed E-state index contributed by atoms with van der Waals surface area (Å²) in [6.07, 6.45) is 4.18. The van der Waals surface area contributed by atoms with Crippen molar-refractivity contribution in [3.05, 3.63) is 77.5 Å². The van der Waals surface area contributed by atoms with Gasteiger partial charge in [-0.05, 0) is 36.6 Å². The molecule has 144 valence electrons. The molecule has 3 aromatic rings. The van der Waals surface area contributed by atoms with Crippen molar-refractivity contribution < 1.29 is 14.3 Å². The molecule has 1 atom stereocenters. The minimum Gasteiger partial charge on any atom is -0.449 e. The van der Waals surface area contributed by atoms with Crippen LogP contribution in [0.2, 0.25) is 0 Å². The number of nitrogens with zero attached hydrogens (tertiary/aromatic N) is 2. The van der Waals surface area contributed by atoms with Crippen molar-refractivity contribution in [2.75, 3.05) is 13.1 Å². The van der Waals surface area contributed by atoms with Gasteiger partial charge in [-0.1, -0.05) is 36.4 Å². The first-order chi connectivity index (χ1) is 14.1. The molecule has 3 aliphatic rings. The Morgan fingerprint density at radius 2 is 1.83 bits per heavy atom. The summed E-state index contributed by atoms with van der Waals surface area (Å²) in [6, 6.07) is 17.6. The average Bonchev–Trinajstić information content (AvgIpc) is 3.39. The molecule has 5 nitrogen and oxygen atoms in total. The zero-order valence-electron chi connectivity index (χ0n) is 15.9. The fourth-order valence-electron chi connectivity index (χ4n) is 4.99. The number of amides is 1. The highest BCUT2D eigenvalue weighted by Crippen LogP contribution is 2.52. The van der Waals surface area contributed by atoms with E-state index in [2.05, 4.69) is 11.1 Å². The standard InChI is InChI=1S/C24H20N2O3/c27-21-18-6-2-3-7-19(18)24(29-21)11-12-26(15-24)22(28)23(9-10-23)17-13-16-5-1-4-8-20(16)25-14-17/h1-8,13-14H,9-12,15H2/t24-/m0/s1. The zero-order valence-corrected chi connectivity index (χ0v) is 15.9. The monoisotopic (exact) mass is 384 g/mol. The second-order valence-electron chi connectivity index (χ2n) is 8.40. The molecule has 1 amide bonds. The first kappa shape index (κ1) is 16.7. The van der Waals surface area contributed by atoms with Crippen LogP contribution in [-0.2, 0) is 20.5 Å². The minimum absolute atomic E-state index is 0.131. The zero-order chi connectivity index (χ0) is 19.6. The van der Waals surface area contributed by atoms with Gasteiger partial charge in [0, 0.05) is 30.1 Å². The van der Waals surface area contributed by atoms with Crippen molar-refractivity contribution >= 4 is 22.8 Å². The van der Waals surface area contributed by atoms with Crippen LogP contribution in [0.1, 0.15) is 40.7 Å². The lowest BCUT2D eigenvalue weighted by atomic mass is 9.91. The number of rotatable bonds is 2. The second-order valence-corrected chi connectivity index (χ2v) is 8.40. The van der Waals surface area contributed by atoms with E-state index in [1.54, 1.807) is 6.07 Å². The highest BCUT2D eigenvalue weighted by molar-refractivity contribution is 5.96. The topological polar surface area (TPSA) is 59.5 Å². The SMILES string of the molecule is O=C1O[C@]2(CCN(C(=O)C3(c4cnc5ccccc5c4)CC3)C2)c2ccccc21. The van der Waals surface area contributed by atoms with Gasteiger partial charge in [0.1, 0.15) is 0 Å². The van der Waals surface area contributed by atoms with Crippen LogP contribution < -0.4 is 0 Å². The first-order valence-corrected chi connectivity index (χ1v) is 10.1. The number of ether oxygens (including phenoxy) is 1. The fraction of sp³-hybridized carbons (Fsp3) is 0.292. The van der Waals surface area contributed by atoms with Gasteiger partial charge in [-0.15, -0.1) is 0 Å². The van der Waals surface area contributed by atoms with Crippen LogP contribution in [-0.4, -0.2) is 34.8 Å². The third kappa shape index (κ3) is 2.30. The predicted octanol–water partition coefficient (Wildman–Crippen LogP) is 3.56. The van der Waals surface area contributed by atoms with Gasteiger partial charge in [0.05, 0.1) is 23.0 Å². The van der Waals surface area contributed by atoms with E-state index in [0.717, 1.165) is 34.9 Å². The van der Waals surface area contributed by atoms with E-state index >= 15 is 0 Å². The largest absolute Gasteiger partial charge is 0.449 e. The third-order valence-corrected chi connectivity index (χ3v) is 6.75. The normalized spacial score (nSPS) is 24.0. The predicted molar refractivity (Wildman–Crippen MR) is 107 cm³/mol. The summed E-state index contributed by atoms with van der Waals surface area (Å²) >= 11 is 0. The van der Waals surface area contributed by atoms with Gasteiger partial charge in [0.15, 0.2) is 5.60 Å². The van der Waals surface area contributed by atoms with Crippen molar-refractivity contribution in [3.63, 3.8) is 0 Å². The summed E-state index contributed by atoms with van der Waals surface area (Å²) in [7, 11) is 0. The molecule has 1 aliphatic carbocycles. The smallest absolute Gasteiger partial charge is 0.339 e. The molecule has 0 bridgehead atoms. The van der Waals surface area contributed by atoms with Crippen LogP contribution in [0.25, 0.3) is 10.9 Å². The number of hydrogen-bond donors (Lipinski definition) is 0. The number of aromatic nitrogens is 1. The summed E-state index contributed by atoms with van der Waals surface area (Å²) in [5.74, 6) is -0.151. The molecule has 1 spiro atoms. The molecule has 0 radical (unpaired) electrons. The van der Waals surface area contributed by atoms with E-state index in [0.29, 0.717) is 25.1 Å². The molecule has 3 heterocycles. The molecule has 1 aromatic heterocycles. The molecular formula is C24H20N2O3. The van der Waals surface area contributed by atoms with E-state index in [1.807, 2.05) is 53.6 Å². The van der Waals surface area contributed by atoms with E-state index in [1.165, 1.54) is 0 Å². The summed E-state index contributed by atoms with van der Waals surface area (Å²) in [5.41, 5.74) is 2.30. The lowest BCUT2D eigenvalue weighted by Crippen LogP contribution is -2.40. The number of esters is 1. The molecule has 2 fully saturated rings. The molecular weight excluding hydrogens is 364 g/mol. The number of carbonyl (C=O) groups excluding carboxylic acids is 2. The van der Waals surface area contributed by atoms with E-state index in [9.17, 15) is 9.59 Å². The minimum atomic E-state index is -0.693. The number of fused-ring (bicyclic) bond motifs is 3. The van der Waals surface area contributed by atoms with Gasteiger partial charge in [-0.25, -0.2) is 4.79 Å². The highest BCUT2D eigenvalue weighted by Gasteiger charge is 2.57. The maximum Gasteiger partial charge on any atom is 0.339 e. The molecule has 2 aromatic carbocycles. The number of hydrogen-bond acceptors (Lipinski definition) is 4. The first-order valence-electron chi connectivity index (χ1n) is 10.1. The number of carbonyl (C=O) groups is 2. The number of pyridine rings is 1. The maximum atomic E-state index is 13.6. The van der Waals surface area contributed by atoms with Crippen molar-refractivity contribution in [3.8, 4) is 0 Å². The van der Waals surface area contributed by atoms with Gasteiger partial charge in [0.25, 0.3) is 0 Å². The van der Waals surface area contributed by atoms with Crippen molar-refractivity contribution in [1.82, 2.24) is 9.88 Å². The van der Waals surface area contributed by atoms with Crippen molar-refractivity contribution in [2.24, 2.45) is 0 Å². The summed E-state index contributed by atoms with van der Waals surface area (Å²) in [6.45, 7) is 1.03. The molecule has 0 unspecified atom stereocenters. The van der Waals surface area contributed by atoms with Crippen LogP contribution >= 0.6 is 0 Å². The lowest BCUT2D eigenvalue weighted by molar-refractivity contribution is -0.134. The van der Waals surface area contributed by atoms with Crippen LogP contribution in [0.4, 0.5) is 0 Å². The number of likely N-dealkylation sites (tertiary alicyclic amines) is 1. The van der Waals surface area contributed by atoms with Gasteiger partial charge in [0.2, 0.25) is 5.91 Å². The Kier molecular flexibility index (Phi) is 3.26. The average molecular weight is 384 g/mol. The Hall–Kier alpha value is -3.21. The van der Waals surface area contributed by atoms with E-state index in [4.69, 9.17) is 4.74 Å². The molecule has 6 rings (SSSR count). The van der Waals surface area contributed by atoms with Crippen molar-refractivity contribution in [2.45, 2.75) is 30.3 Å². The summed E-state index contributed by atoms with van der Waals surface area (Å²) < 4.78 is 5.81. The molecule has 5 heteroatoms. The molecule has 29 heavy (non-hydrogen) atoms. The highest BCUT2D eigenvalue weighted by atomic mass is 16.6. The third-order valence-electron chi connectivity index (χ3n) is 6.75.